The number of nitrogens with one attached hydrogen (secondary N) is 1. The Morgan fingerprint density at radius 3 is 2.93 bits per heavy atom. The van der Waals surface area contributed by atoms with Crippen LogP contribution >= 0.6 is 0 Å². The number of primary amides is 1. The number of benzene rings is 1. The highest BCUT2D eigenvalue weighted by atomic mass is 19.3. The van der Waals surface area contributed by atoms with Gasteiger partial charge in [0.15, 0.2) is 5.82 Å². The standard InChI is InChI=1S/C18H16F2N6O4/c19-16(20)11-8-30-18(28)26(11)14-7-25-1-2-29-12-4-10(23-6-13(22)27)3-9(5-21)15(12)17(25)24-14/h3-4,7,11,16,23H,1-2,6,8H2,(H2,22,27). The van der Waals surface area contributed by atoms with Crippen LogP contribution in [0, 0.1) is 11.3 Å². The lowest BCUT2D eigenvalue weighted by molar-refractivity contribution is -0.116. The number of hydrogen-bond donors (Lipinski definition) is 2. The third-order valence-electron chi connectivity index (χ3n) is 4.71. The molecule has 30 heavy (non-hydrogen) atoms. The summed E-state index contributed by atoms with van der Waals surface area (Å²) in [5.74, 6) is 0.0515. The van der Waals surface area contributed by atoms with Crippen molar-refractivity contribution >= 4 is 23.5 Å². The molecule has 0 radical (unpaired) electrons. The van der Waals surface area contributed by atoms with Gasteiger partial charge < -0.3 is 25.1 Å². The van der Waals surface area contributed by atoms with Crippen molar-refractivity contribution < 1.29 is 27.8 Å². The Hall–Kier alpha value is -3.88. The van der Waals surface area contributed by atoms with Gasteiger partial charge in [-0.05, 0) is 6.07 Å². The molecule has 0 saturated carbocycles. The van der Waals surface area contributed by atoms with Crippen LogP contribution < -0.4 is 20.7 Å². The van der Waals surface area contributed by atoms with E-state index < -0.39 is 31.1 Å². The number of anilines is 2. The number of nitrogens with two attached hydrogens (primary N) is 1. The summed E-state index contributed by atoms with van der Waals surface area (Å²) >= 11 is 0. The number of cyclic esters (lactones) is 1. The van der Waals surface area contributed by atoms with E-state index in [4.69, 9.17) is 15.2 Å². The molecule has 4 rings (SSSR count). The molecule has 3 N–H and O–H groups in total. The Morgan fingerprint density at radius 1 is 1.43 bits per heavy atom. The average molecular weight is 418 g/mol. The second kappa shape index (κ2) is 7.51. The summed E-state index contributed by atoms with van der Waals surface area (Å²) in [6, 6.07) is 3.70. The first kappa shape index (κ1) is 19.4. The number of hydrogen-bond acceptors (Lipinski definition) is 7. The topological polar surface area (TPSA) is 135 Å². The van der Waals surface area contributed by atoms with E-state index in [1.807, 2.05) is 0 Å². The lowest BCUT2D eigenvalue weighted by Crippen LogP contribution is -2.38. The fourth-order valence-corrected chi connectivity index (χ4v) is 3.37. The summed E-state index contributed by atoms with van der Waals surface area (Å²) in [6.45, 7) is -0.0396. The number of fused-ring (bicyclic) bond motifs is 3. The number of carbonyl (C=O) groups excluding carboxylic acids is 2. The quantitative estimate of drug-likeness (QED) is 0.747. The number of amides is 2. The van der Waals surface area contributed by atoms with Crippen molar-refractivity contribution in [1.29, 1.82) is 5.26 Å². The van der Waals surface area contributed by atoms with Crippen molar-refractivity contribution in [2.45, 2.75) is 19.0 Å². The van der Waals surface area contributed by atoms with Gasteiger partial charge in [0.1, 0.15) is 36.9 Å². The molecule has 2 aliphatic heterocycles. The predicted octanol–water partition coefficient (Wildman–Crippen LogP) is 1.30. The molecule has 1 unspecified atom stereocenters. The normalized spacial score (nSPS) is 17.5. The number of carbonyl (C=O) groups is 2. The van der Waals surface area contributed by atoms with Crippen LogP contribution in [-0.4, -0.2) is 53.8 Å². The highest BCUT2D eigenvalue weighted by molar-refractivity contribution is 5.90. The number of nitrogens with zero attached hydrogens (tertiary/aromatic N) is 4. The maximum absolute atomic E-state index is 13.3. The maximum atomic E-state index is 13.3. The van der Waals surface area contributed by atoms with E-state index in [0.717, 1.165) is 4.90 Å². The Labute approximate surface area is 168 Å². The van der Waals surface area contributed by atoms with E-state index in [1.54, 1.807) is 10.6 Å². The van der Waals surface area contributed by atoms with Crippen LogP contribution in [0.3, 0.4) is 0 Å². The number of alkyl halides is 2. The summed E-state index contributed by atoms with van der Waals surface area (Å²) in [6.07, 6.45) is -2.26. The Bertz CT molecular complexity index is 1060. The van der Waals surface area contributed by atoms with Gasteiger partial charge in [0, 0.05) is 18.0 Å². The van der Waals surface area contributed by atoms with Crippen molar-refractivity contribution in [2.24, 2.45) is 5.73 Å². The van der Waals surface area contributed by atoms with E-state index in [-0.39, 0.29) is 24.5 Å². The third kappa shape index (κ3) is 3.34. The molecular formula is C18H16F2N6O4. The minimum atomic E-state index is -2.80. The van der Waals surface area contributed by atoms with Gasteiger partial charge in [-0.25, -0.2) is 23.5 Å². The minimum Gasteiger partial charge on any atom is -0.491 e. The van der Waals surface area contributed by atoms with Crippen LogP contribution in [0.15, 0.2) is 18.3 Å². The van der Waals surface area contributed by atoms with Crippen molar-refractivity contribution in [3.63, 3.8) is 0 Å². The van der Waals surface area contributed by atoms with E-state index in [0.29, 0.717) is 29.4 Å². The van der Waals surface area contributed by atoms with Crippen molar-refractivity contribution in [3.8, 4) is 23.2 Å². The van der Waals surface area contributed by atoms with Crippen molar-refractivity contribution in [2.75, 3.05) is 30.0 Å². The highest BCUT2D eigenvalue weighted by Gasteiger charge is 2.42. The van der Waals surface area contributed by atoms with Crippen molar-refractivity contribution in [3.05, 3.63) is 23.9 Å². The summed E-state index contributed by atoms with van der Waals surface area (Å²) in [7, 11) is 0. The van der Waals surface area contributed by atoms with Crippen LogP contribution in [-0.2, 0) is 16.1 Å². The second-order valence-electron chi connectivity index (χ2n) is 6.64. The summed E-state index contributed by atoms with van der Waals surface area (Å²) < 4.78 is 38.8. The molecule has 2 aliphatic rings. The first-order chi connectivity index (χ1) is 14.4. The Balaban J connectivity index is 1.78. The number of rotatable bonds is 5. The Kier molecular flexibility index (Phi) is 4.86. The second-order valence-corrected chi connectivity index (χ2v) is 6.64. The van der Waals surface area contributed by atoms with Crippen LogP contribution in [0.4, 0.5) is 25.1 Å². The van der Waals surface area contributed by atoms with Gasteiger partial charge in [0.05, 0.1) is 24.2 Å². The van der Waals surface area contributed by atoms with Gasteiger partial charge >= 0.3 is 6.09 Å². The van der Waals surface area contributed by atoms with Gasteiger partial charge in [-0.2, -0.15) is 5.26 Å². The van der Waals surface area contributed by atoms with Crippen molar-refractivity contribution in [1.82, 2.24) is 9.55 Å². The van der Waals surface area contributed by atoms with Crippen LogP contribution in [0.2, 0.25) is 0 Å². The molecule has 1 aromatic heterocycles. The maximum Gasteiger partial charge on any atom is 0.416 e. The molecule has 1 aromatic carbocycles. The minimum absolute atomic E-state index is 0.00506. The Morgan fingerprint density at radius 2 is 2.23 bits per heavy atom. The molecule has 0 bridgehead atoms. The fourth-order valence-electron chi connectivity index (χ4n) is 3.37. The molecule has 2 amide bonds. The largest absolute Gasteiger partial charge is 0.491 e. The molecule has 3 heterocycles. The van der Waals surface area contributed by atoms with E-state index in [2.05, 4.69) is 16.4 Å². The van der Waals surface area contributed by atoms with Crippen LogP contribution in [0.5, 0.6) is 5.75 Å². The van der Waals surface area contributed by atoms with Gasteiger partial charge in [-0.1, -0.05) is 0 Å². The molecule has 0 aliphatic carbocycles. The SMILES string of the molecule is N#Cc1cc(NCC(N)=O)cc2c1-c1nc(N3C(=O)OCC3C(F)F)cn1CCO2. The zero-order valence-electron chi connectivity index (χ0n) is 15.5. The van der Waals surface area contributed by atoms with E-state index in [9.17, 15) is 23.6 Å². The summed E-state index contributed by atoms with van der Waals surface area (Å²) in [5.41, 5.74) is 6.13. The number of ether oxygens (including phenoxy) is 2. The molecule has 10 nitrogen and oxygen atoms in total. The number of aromatic nitrogens is 2. The fraction of sp³-hybridized carbons (Fsp3) is 0.333. The predicted molar refractivity (Wildman–Crippen MR) is 99.2 cm³/mol. The van der Waals surface area contributed by atoms with Gasteiger partial charge in [-0.15, -0.1) is 0 Å². The van der Waals surface area contributed by atoms with Crippen LogP contribution in [0.25, 0.3) is 11.4 Å². The highest BCUT2D eigenvalue weighted by Crippen LogP contribution is 2.39. The van der Waals surface area contributed by atoms with Crippen LogP contribution in [0.1, 0.15) is 5.56 Å². The number of halogens is 2. The molecule has 156 valence electrons. The summed E-state index contributed by atoms with van der Waals surface area (Å²) in [4.78, 5) is 28.2. The zero-order chi connectivity index (χ0) is 21.4. The number of nitriles is 1. The van der Waals surface area contributed by atoms with Gasteiger partial charge in [-0.3, -0.25) is 4.79 Å². The average Bonchev–Trinajstić information content (AvgIpc) is 3.24. The number of imidazole rings is 1. The lowest BCUT2D eigenvalue weighted by atomic mass is 10.1. The summed E-state index contributed by atoms with van der Waals surface area (Å²) in [5, 5.41) is 12.4. The molecule has 0 spiro atoms. The van der Waals surface area contributed by atoms with Gasteiger partial charge in [0.2, 0.25) is 5.91 Å². The van der Waals surface area contributed by atoms with E-state index >= 15 is 0 Å². The molecule has 12 heteroatoms. The monoisotopic (exact) mass is 418 g/mol. The molecule has 1 saturated heterocycles. The lowest BCUT2D eigenvalue weighted by Gasteiger charge is -2.17. The molecule has 1 fully saturated rings. The molecule has 1 atom stereocenters. The van der Waals surface area contributed by atoms with Gasteiger partial charge in [0.25, 0.3) is 6.43 Å². The third-order valence-corrected chi connectivity index (χ3v) is 4.71. The smallest absolute Gasteiger partial charge is 0.416 e. The zero-order valence-corrected chi connectivity index (χ0v) is 15.5. The van der Waals surface area contributed by atoms with E-state index in [1.165, 1.54) is 12.3 Å². The first-order valence-electron chi connectivity index (χ1n) is 8.94. The molecule has 2 aromatic rings. The first-order valence-corrected chi connectivity index (χ1v) is 8.94. The molecular weight excluding hydrogens is 402 g/mol.